The Hall–Kier alpha value is -2.37. The molecule has 22 heavy (non-hydrogen) atoms. The minimum absolute atomic E-state index is 0.204. The van der Waals surface area contributed by atoms with E-state index in [4.69, 9.17) is 4.74 Å². The fraction of sp³-hybridized carbons (Fsp3) is 0.375. The number of rotatable bonds is 4. The molecule has 6 heteroatoms. The lowest BCUT2D eigenvalue weighted by Crippen LogP contribution is -2.26. The quantitative estimate of drug-likeness (QED) is 0.941. The van der Waals surface area contributed by atoms with Crippen LogP contribution in [0.1, 0.15) is 28.0 Å². The third-order valence-electron chi connectivity index (χ3n) is 3.71. The largest absolute Gasteiger partial charge is 0.478 e. The van der Waals surface area contributed by atoms with Crippen molar-refractivity contribution in [3.8, 4) is 5.88 Å². The van der Waals surface area contributed by atoms with Crippen LogP contribution in [0.5, 0.6) is 5.88 Å². The average molecular weight is 303 g/mol. The van der Waals surface area contributed by atoms with Crippen molar-refractivity contribution < 1.29 is 13.9 Å². The summed E-state index contributed by atoms with van der Waals surface area (Å²) in [4.78, 5) is 12.2. The van der Waals surface area contributed by atoms with Gasteiger partial charge in [-0.2, -0.15) is 5.10 Å². The smallest absolute Gasteiger partial charge is 0.272 e. The molecule has 1 aromatic heterocycles. The van der Waals surface area contributed by atoms with Crippen LogP contribution in [0.2, 0.25) is 0 Å². The summed E-state index contributed by atoms with van der Waals surface area (Å²) >= 11 is 0. The molecule has 0 saturated carbocycles. The van der Waals surface area contributed by atoms with Crippen LogP contribution in [0.4, 0.5) is 4.39 Å². The van der Waals surface area contributed by atoms with Gasteiger partial charge in [0.25, 0.3) is 5.91 Å². The number of aromatic nitrogens is 2. The molecule has 0 bridgehead atoms. The van der Waals surface area contributed by atoms with Gasteiger partial charge < -0.3 is 10.1 Å². The Morgan fingerprint density at radius 2 is 2.18 bits per heavy atom. The SMILES string of the molecule is Cc1c(C(=O)NCCc2ccc(F)cc2)nn2c1OCCC2. The highest BCUT2D eigenvalue weighted by Crippen LogP contribution is 2.24. The van der Waals surface area contributed by atoms with Gasteiger partial charge in [0.15, 0.2) is 5.69 Å². The lowest BCUT2D eigenvalue weighted by atomic mass is 10.1. The second-order valence-electron chi connectivity index (χ2n) is 5.34. The standard InChI is InChI=1S/C16H18FN3O2/c1-11-14(19-20-9-2-10-22-16(11)20)15(21)18-8-7-12-3-5-13(17)6-4-12/h3-6H,2,7-10H2,1H3,(H,18,21). The van der Waals surface area contributed by atoms with Gasteiger partial charge >= 0.3 is 0 Å². The number of nitrogens with one attached hydrogen (secondary N) is 1. The summed E-state index contributed by atoms with van der Waals surface area (Å²) in [5.74, 6) is 0.229. The van der Waals surface area contributed by atoms with Crippen LogP contribution in [-0.4, -0.2) is 28.8 Å². The number of ether oxygens (including phenoxy) is 1. The number of aryl methyl sites for hydroxylation is 1. The summed E-state index contributed by atoms with van der Waals surface area (Å²) in [5, 5.41) is 7.17. The predicted molar refractivity (Wildman–Crippen MR) is 79.5 cm³/mol. The molecular weight excluding hydrogens is 285 g/mol. The second kappa shape index (κ2) is 6.17. The minimum atomic E-state index is -0.257. The topological polar surface area (TPSA) is 56.2 Å². The fourth-order valence-electron chi connectivity index (χ4n) is 2.52. The van der Waals surface area contributed by atoms with Crippen LogP contribution in [0.3, 0.4) is 0 Å². The van der Waals surface area contributed by atoms with E-state index < -0.39 is 0 Å². The van der Waals surface area contributed by atoms with Crippen LogP contribution in [0.15, 0.2) is 24.3 Å². The minimum Gasteiger partial charge on any atom is -0.478 e. The molecule has 3 rings (SSSR count). The lowest BCUT2D eigenvalue weighted by Gasteiger charge is -2.14. The van der Waals surface area contributed by atoms with E-state index >= 15 is 0 Å². The van der Waals surface area contributed by atoms with Crippen molar-refractivity contribution in [2.24, 2.45) is 0 Å². The van der Waals surface area contributed by atoms with E-state index in [2.05, 4.69) is 10.4 Å². The predicted octanol–water partition coefficient (Wildman–Crippen LogP) is 2.09. The normalized spacial score (nSPS) is 13.4. The molecule has 2 aromatic rings. The Labute approximate surface area is 128 Å². The van der Waals surface area contributed by atoms with Crippen LogP contribution in [-0.2, 0) is 13.0 Å². The molecule has 5 nitrogen and oxygen atoms in total. The number of benzene rings is 1. The van der Waals surface area contributed by atoms with Gasteiger partial charge in [-0.15, -0.1) is 0 Å². The molecule has 0 aliphatic carbocycles. The Morgan fingerprint density at radius 1 is 1.41 bits per heavy atom. The highest BCUT2D eigenvalue weighted by Gasteiger charge is 2.22. The molecule has 0 radical (unpaired) electrons. The maximum absolute atomic E-state index is 12.8. The van der Waals surface area contributed by atoms with Crippen molar-refractivity contribution in [2.45, 2.75) is 26.3 Å². The fourth-order valence-corrected chi connectivity index (χ4v) is 2.52. The second-order valence-corrected chi connectivity index (χ2v) is 5.34. The Bertz CT molecular complexity index is 679. The van der Waals surface area contributed by atoms with Gasteiger partial charge in [-0.1, -0.05) is 12.1 Å². The van der Waals surface area contributed by atoms with Gasteiger partial charge in [-0.3, -0.25) is 4.79 Å². The Morgan fingerprint density at radius 3 is 2.91 bits per heavy atom. The van der Waals surface area contributed by atoms with E-state index in [1.807, 2.05) is 6.92 Å². The first-order chi connectivity index (χ1) is 10.6. The third-order valence-corrected chi connectivity index (χ3v) is 3.71. The van der Waals surface area contributed by atoms with Crippen molar-refractivity contribution in [2.75, 3.05) is 13.2 Å². The molecule has 1 aliphatic heterocycles. The van der Waals surface area contributed by atoms with Gasteiger partial charge in [0.05, 0.1) is 6.61 Å². The summed E-state index contributed by atoms with van der Waals surface area (Å²) < 4.78 is 20.1. The van der Waals surface area contributed by atoms with Crippen molar-refractivity contribution in [3.05, 3.63) is 46.9 Å². The molecule has 1 aliphatic rings. The van der Waals surface area contributed by atoms with Crippen LogP contribution < -0.4 is 10.1 Å². The number of halogens is 1. The number of carbonyl (C=O) groups excluding carboxylic acids is 1. The van der Waals surface area contributed by atoms with Crippen molar-refractivity contribution >= 4 is 5.91 Å². The van der Waals surface area contributed by atoms with E-state index in [-0.39, 0.29) is 11.7 Å². The summed E-state index contributed by atoms with van der Waals surface area (Å²) in [7, 11) is 0. The highest BCUT2D eigenvalue weighted by atomic mass is 19.1. The first kappa shape index (κ1) is 14.6. The maximum atomic E-state index is 12.8. The zero-order chi connectivity index (χ0) is 15.5. The van der Waals surface area contributed by atoms with Crippen LogP contribution in [0, 0.1) is 12.7 Å². The van der Waals surface area contributed by atoms with Crippen molar-refractivity contribution in [1.82, 2.24) is 15.1 Å². The first-order valence-electron chi connectivity index (χ1n) is 7.38. The molecule has 1 aromatic carbocycles. The molecule has 0 fully saturated rings. The summed E-state index contributed by atoms with van der Waals surface area (Å²) in [6.07, 6.45) is 1.55. The molecule has 0 atom stereocenters. The van der Waals surface area contributed by atoms with Crippen molar-refractivity contribution in [3.63, 3.8) is 0 Å². The zero-order valence-corrected chi connectivity index (χ0v) is 12.4. The lowest BCUT2D eigenvalue weighted by molar-refractivity contribution is 0.0947. The molecule has 0 saturated heterocycles. The molecule has 2 heterocycles. The first-order valence-corrected chi connectivity index (χ1v) is 7.38. The van der Waals surface area contributed by atoms with Crippen molar-refractivity contribution in [1.29, 1.82) is 0 Å². The number of hydrogen-bond acceptors (Lipinski definition) is 3. The highest BCUT2D eigenvalue weighted by molar-refractivity contribution is 5.94. The van der Waals surface area contributed by atoms with E-state index in [9.17, 15) is 9.18 Å². The number of nitrogens with zero attached hydrogens (tertiary/aromatic N) is 2. The number of hydrogen-bond donors (Lipinski definition) is 1. The van der Waals surface area contributed by atoms with Gasteiger partial charge in [0.1, 0.15) is 5.82 Å². The molecule has 0 unspecified atom stereocenters. The molecule has 116 valence electrons. The van der Waals surface area contributed by atoms with Gasteiger partial charge in [-0.05, 0) is 31.0 Å². The van der Waals surface area contributed by atoms with E-state index in [1.165, 1.54) is 12.1 Å². The average Bonchev–Trinajstić information content (AvgIpc) is 2.87. The third kappa shape index (κ3) is 2.95. The molecule has 0 spiro atoms. The van der Waals surface area contributed by atoms with Crippen LogP contribution >= 0.6 is 0 Å². The Kier molecular flexibility index (Phi) is 4.09. The molecule has 1 amide bonds. The number of carbonyl (C=O) groups is 1. The molecular formula is C16H18FN3O2. The van der Waals surface area contributed by atoms with Crippen LogP contribution in [0.25, 0.3) is 0 Å². The monoisotopic (exact) mass is 303 g/mol. The number of amides is 1. The van der Waals surface area contributed by atoms with Gasteiger partial charge in [-0.25, -0.2) is 9.07 Å². The van der Waals surface area contributed by atoms with E-state index in [1.54, 1.807) is 16.8 Å². The summed E-state index contributed by atoms with van der Waals surface area (Å²) in [5.41, 5.74) is 2.17. The van der Waals surface area contributed by atoms with Gasteiger partial charge in [0.2, 0.25) is 5.88 Å². The maximum Gasteiger partial charge on any atom is 0.272 e. The molecule has 1 N–H and O–H groups in total. The van der Waals surface area contributed by atoms with E-state index in [0.717, 1.165) is 24.1 Å². The zero-order valence-electron chi connectivity index (χ0n) is 12.4. The van der Waals surface area contributed by atoms with E-state index in [0.29, 0.717) is 31.1 Å². The summed E-state index contributed by atoms with van der Waals surface area (Å²) in [6.45, 7) is 3.77. The Balaban J connectivity index is 1.60. The van der Waals surface area contributed by atoms with Gasteiger partial charge in [0, 0.05) is 25.1 Å². The number of fused-ring (bicyclic) bond motifs is 1. The summed E-state index contributed by atoms with van der Waals surface area (Å²) in [6, 6.07) is 6.27.